The lowest BCUT2D eigenvalue weighted by atomic mass is 10.1. The quantitative estimate of drug-likeness (QED) is 0.611. The summed E-state index contributed by atoms with van der Waals surface area (Å²) < 4.78 is 12.6. The number of methoxy groups -OCH3 is 2. The molecule has 1 aromatic carbocycles. The summed E-state index contributed by atoms with van der Waals surface area (Å²) >= 11 is 0. The third-order valence-corrected chi connectivity index (χ3v) is 4.02. The lowest BCUT2D eigenvalue weighted by molar-refractivity contribution is 0.417. The molecule has 0 spiro atoms. The van der Waals surface area contributed by atoms with Gasteiger partial charge in [-0.15, -0.1) is 12.4 Å². The van der Waals surface area contributed by atoms with Gasteiger partial charge in [-0.2, -0.15) is 0 Å². The fourth-order valence-electron chi connectivity index (χ4n) is 2.90. The molecule has 4 rings (SSSR count). The molecule has 0 atom stereocenters. The van der Waals surface area contributed by atoms with E-state index in [9.17, 15) is 4.79 Å². The molecule has 4 aromatic rings. The van der Waals surface area contributed by atoms with Gasteiger partial charge in [-0.1, -0.05) is 0 Å². The van der Waals surface area contributed by atoms with E-state index in [1.54, 1.807) is 20.3 Å². The molecule has 3 heterocycles. The van der Waals surface area contributed by atoms with E-state index in [2.05, 4.69) is 9.97 Å². The van der Waals surface area contributed by atoms with Gasteiger partial charge in [-0.25, -0.2) is 4.98 Å². The largest absolute Gasteiger partial charge is 0.495 e. The Morgan fingerprint density at radius 3 is 2.60 bits per heavy atom. The summed E-state index contributed by atoms with van der Waals surface area (Å²) in [7, 11) is 3.20. The van der Waals surface area contributed by atoms with E-state index in [1.807, 2.05) is 41.1 Å². The molecule has 3 aromatic heterocycles. The number of aromatic amines is 1. The van der Waals surface area contributed by atoms with E-state index in [-0.39, 0.29) is 18.0 Å². The summed E-state index contributed by atoms with van der Waals surface area (Å²) in [4.78, 5) is 19.2. The number of imidazole rings is 1. The van der Waals surface area contributed by atoms with Gasteiger partial charge in [-0.3, -0.25) is 4.79 Å². The molecule has 1 N–H and O–H groups in total. The maximum absolute atomic E-state index is 11.7. The number of halogens is 1. The van der Waals surface area contributed by atoms with Crippen LogP contribution < -0.4 is 15.0 Å². The minimum Gasteiger partial charge on any atom is -0.495 e. The maximum atomic E-state index is 11.7. The summed E-state index contributed by atoms with van der Waals surface area (Å²) in [5, 5.41) is 0.872. The number of ether oxygens (including phenoxy) is 2. The van der Waals surface area contributed by atoms with Crippen LogP contribution in [0, 0.1) is 0 Å². The molecular weight excluding hydrogens is 342 g/mol. The average molecular weight is 358 g/mol. The number of hydrogen-bond acceptors (Lipinski definition) is 4. The number of aromatic nitrogens is 3. The predicted octanol–water partition coefficient (Wildman–Crippen LogP) is 3.28. The highest BCUT2D eigenvalue weighted by Crippen LogP contribution is 2.33. The van der Waals surface area contributed by atoms with Crippen LogP contribution >= 0.6 is 12.4 Å². The van der Waals surface area contributed by atoms with Crippen LogP contribution in [0.15, 0.2) is 53.6 Å². The van der Waals surface area contributed by atoms with Gasteiger partial charge >= 0.3 is 0 Å². The second kappa shape index (κ2) is 6.49. The second-order valence-electron chi connectivity index (χ2n) is 5.36. The molecule has 0 saturated carbocycles. The lowest BCUT2D eigenvalue weighted by Crippen LogP contribution is -2.04. The van der Waals surface area contributed by atoms with Crippen LogP contribution in [0.1, 0.15) is 0 Å². The van der Waals surface area contributed by atoms with Crippen LogP contribution in [-0.2, 0) is 0 Å². The molecule has 0 radical (unpaired) electrons. The van der Waals surface area contributed by atoms with Crippen molar-refractivity contribution in [2.45, 2.75) is 0 Å². The Hall–Kier alpha value is -2.99. The summed E-state index contributed by atoms with van der Waals surface area (Å²) in [5.41, 5.74) is 2.93. The molecule has 0 aliphatic carbocycles. The molecule has 25 heavy (non-hydrogen) atoms. The average Bonchev–Trinajstić information content (AvgIpc) is 3.04. The molecular formula is C18H16ClN3O3. The van der Waals surface area contributed by atoms with Crippen LogP contribution in [-0.4, -0.2) is 28.6 Å². The fraction of sp³-hybridized carbons (Fsp3) is 0.111. The smallest absolute Gasteiger partial charge is 0.248 e. The Labute approximate surface area is 149 Å². The van der Waals surface area contributed by atoms with Crippen molar-refractivity contribution in [1.29, 1.82) is 0 Å². The van der Waals surface area contributed by atoms with E-state index in [1.165, 1.54) is 6.07 Å². The highest BCUT2D eigenvalue weighted by molar-refractivity contribution is 5.97. The minimum absolute atomic E-state index is 0. The van der Waals surface area contributed by atoms with Crippen molar-refractivity contribution >= 4 is 29.0 Å². The Morgan fingerprint density at radius 1 is 1.04 bits per heavy atom. The van der Waals surface area contributed by atoms with Crippen LogP contribution in [0.2, 0.25) is 0 Å². The first kappa shape index (κ1) is 16.9. The SMILES string of the molecule is COc1ccc(-c2cn3cccc(OC)c3n2)c2ccc(=O)[nH]c12.Cl. The molecule has 0 saturated heterocycles. The van der Waals surface area contributed by atoms with Gasteiger partial charge in [0.1, 0.15) is 5.75 Å². The molecule has 128 valence electrons. The highest BCUT2D eigenvalue weighted by Gasteiger charge is 2.13. The van der Waals surface area contributed by atoms with Crippen LogP contribution in [0.5, 0.6) is 11.5 Å². The van der Waals surface area contributed by atoms with Crippen molar-refractivity contribution in [1.82, 2.24) is 14.4 Å². The summed E-state index contributed by atoms with van der Waals surface area (Å²) in [6.07, 6.45) is 3.85. The first-order chi connectivity index (χ1) is 11.7. The summed E-state index contributed by atoms with van der Waals surface area (Å²) in [6.45, 7) is 0. The van der Waals surface area contributed by atoms with Crippen molar-refractivity contribution in [3.63, 3.8) is 0 Å². The van der Waals surface area contributed by atoms with Gasteiger partial charge in [0.25, 0.3) is 0 Å². The van der Waals surface area contributed by atoms with Gasteiger partial charge in [-0.05, 0) is 30.3 Å². The number of hydrogen-bond donors (Lipinski definition) is 1. The Morgan fingerprint density at radius 2 is 1.84 bits per heavy atom. The van der Waals surface area contributed by atoms with E-state index >= 15 is 0 Å². The molecule has 0 aliphatic rings. The fourth-order valence-corrected chi connectivity index (χ4v) is 2.90. The molecule has 0 amide bonds. The zero-order valence-electron chi connectivity index (χ0n) is 13.6. The lowest BCUT2D eigenvalue weighted by Gasteiger charge is -2.08. The summed E-state index contributed by atoms with van der Waals surface area (Å²) in [6, 6.07) is 10.8. The van der Waals surface area contributed by atoms with Crippen molar-refractivity contribution < 1.29 is 9.47 Å². The number of benzene rings is 1. The molecule has 0 aliphatic heterocycles. The standard InChI is InChI=1S/C18H15N3O3.ClH/c1-23-14-7-5-11(12-6-8-16(22)20-17(12)14)13-10-21-9-3-4-15(24-2)18(21)19-13;/h3-10H,1-2H3,(H,20,22);1H. The van der Waals surface area contributed by atoms with Crippen molar-refractivity contribution in [3.8, 4) is 22.8 Å². The number of fused-ring (bicyclic) bond motifs is 2. The van der Waals surface area contributed by atoms with Gasteiger partial charge in [0, 0.05) is 29.4 Å². The predicted molar refractivity (Wildman–Crippen MR) is 99.1 cm³/mol. The third kappa shape index (κ3) is 2.70. The molecule has 0 unspecified atom stereocenters. The van der Waals surface area contributed by atoms with Gasteiger partial charge < -0.3 is 18.9 Å². The van der Waals surface area contributed by atoms with Gasteiger partial charge in [0.05, 0.1) is 25.4 Å². The minimum atomic E-state index is -0.172. The van der Waals surface area contributed by atoms with Crippen molar-refractivity contribution in [2.75, 3.05) is 14.2 Å². The Kier molecular flexibility index (Phi) is 4.37. The number of H-pyrrole nitrogens is 1. The zero-order chi connectivity index (χ0) is 16.7. The second-order valence-corrected chi connectivity index (χ2v) is 5.36. The Bertz CT molecular complexity index is 1120. The molecule has 7 heteroatoms. The number of nitrogens with zero attached hydrogens (tertiary/aromatic N) is 2. The van der Waals surface area contributed by atoms with E-state index in [0.717, 1.165) is 22.3 Å². The maximum Gasteiger partial charge on any atom is 0.248 e. The first-order valence-corrected chi connectivity index (χ1v) is 7.43. The normalized spacial score (nSPS) is 10.6. The first-order valence-electron chi connectivity index (χ1n) is 7.43. The zero-order valence-corrected chi connectivity index (χ0v) is 14.5. The van der Waals surface area contributed by atoms with E-state index < -0.39 is 0 Å². The van der Waals surface area contributed by atoms with E-state index in [4.69, 9.17) is 9.47 Å². The molecule has 6 nitrogen and oxygen atoms in total. The van der Waals surface area contributed by atoms with Crippen LogP contribution in [0.3, 0.4) is 0 Å². The highest BCUT2D eigenvalue weighted by atomic mass is 35.5. The summed E-state index contributed by atoms with van der Waals surface area (Å²) in [5.74, 6) is 1.32. The number of pyridine rings is 2. The molecule has 0 bridgehead atoms. The van der Waals surface area contributed by atoms with Crippen LogP contribution in [0.25, 0.3) is 27.8 Å². The van der Waals surface area contributed by atoms with Crippen molar-refractivity contribution in [3.05, 3.63) is 59.1 Å². The van der Waals surface area contributed by atoms with E-state index in [0.29, 0.717) is 17.0 Å². The molecule has 0 fully saturated rings. The van der Waals surface area contributed by atoms with Gasteiger partial charge in [0.15, 0.2) is 11.4 Å². The topological polar surface area (TPSA) is 68.6 Å². The number of rotatable bonds is 3. The number of nitrogens with one attached hydrogen (secondary N) is 1. The monoisotopic (exact) mass is 357 g/mol. The van der Waals surface area contributed by atoms with Crippen LogP contribution in [0.4, 0.5) is 0 Å². The van der Waals surface area contributed by atoms with Gasteiger partial charge in [0.2, 0.25) is 5.56 Å². The van der Waals surface area contributed by atoms with Crippen molar-refractivity contribution in [2.24, 2.45) is 0 Å². The Balaban J connectivity index is 0.00000182. The third-order valence-electron chi connectivity index (χ3n) is 4.02.